The van der Waals surface area contributed by atoms with Crippen molar-refractivity contribution in [3.8, 4) is 0 Å². The van der Waals surface area contributed by atoms with Gasteiger partial charge in [-0.25, -0.2) is 4.68 Å². The van der Waals surface area contributed by atoms with Crippen molar-refractivity contribution < 1.29 is 0 Å². The van der Waals surface area contributed by atoms with E-state index < -0.39 is 0 Å². The minimum Gasteiger partial charge on any atom is -0.300 e. The molecule has 4 nitrogen and oxygen atoms in total. The summed E-state index contributed by atoms with van der Waals surface area (Å²) < 4.78 is 4.92. The highest BCUT2D eigenvalue weighted by Gasteiger charge is 2.17. The first kappa shape index (κ1) is 15.4. The topological polar surface area (TPSA) is 26.0 Å². The lowest BCUT2D eigenvalue weighted by atomic mass is 10.00. The fraction of sp³-hybridized carbons (Fsp3) is 0.529. The van der Waals surface area contributed by atoms with E-state index in [1.807, 2.05) is 17.7 Å². The molecule has 2 heterocycles. The van der Waals surface area contributed by atoms with E-state index in [0.29, 0.717) is 0 Å². The highest BCUT2D eigenvalue weighted by molar-refractivity contribution is 7.71. The maximum Gasteiger partial charge on any atom is 0.199 e. The highest BCUT2D eigenvalue weighted by atomic mass is 32.1. The van der Waals surface area contributed by atoms with E-state index in [-0.39, 0.29) is 0 Å². The monoisotopic (exact) mass is 316 g/mol. The molecule has 0 saturated carbocycles. The van der Waals surface area contributed by atoms with Crippen molar-refractivity contribution in [3.63, 3.8) is 0 Å². The van der Waals surface area contributed by atoms with Gasteiger partial charge in [0.2, 0.25) is 0 Å². The number of piperidine rings is 1. The van der Waals surface area contributed by atoms with Crippen LogP contribution in [-0.2, 0) is 13.2 Å². The van der Waals surface area contributed by atoms with E-state index in [9.17, 15) is 0 Å². The summed E-state index contributed by atoms with van der Waals surface area (Å²) in [5.74, 6) is 1.83. The summed E-state index contributed by atoms with van der Waals surface area (Å²) in [6, 6.07) is 10.4. The zero-order valence-electron chi connectivity index (χ0n) is 13.4. The van der Waals surface area contributed by atoms with Crippen LogP contribution in [0.25, 0.3) is 0 Å². The van der Waals surface area contributed by atoms with Crippen LogP contribution in [0.15, 0.2) is 30.3 Å². The third kappa shape index (κ3) is 3.47. The molecule has 0 spiro atoms. The third-order valence-electron chi connectivity index (χ3n) is 4.50. The van der Waals surface area contributed by atoms with Crippen LogP contribution < -0.4 is 0 Å². The van der Waals surface area contributed by atoms with Gasteiger partial charge in [0, 0.05) is 13.1 Å². The molecule has 0 aliphatic carbocycles. The Morgan fingerprint density at radius 2 is 1.86 bits per heavy atom. The van der Waals surface area contributed by atoms with Gasteiger partial charge in [-0.15, -0.1) is 0 Å². The second-order valence-corrected chi connectivity index (χ2v) is 6.71. The first-order valence-corrected chi connectivity index (χ1v) is 8.45. The van der Waals surface area contributed by atoms with E-state index in [4.69, 9.17) is 12.2 Å². The molecule has 0 bridgehead atoms. The highest BCUT2D eigenvalue weighted by Crippen LogP contribution is 2.16. The number of nitrogens with zero attached hydrogens (tertiary/aromatic N) is 4. The second kappa shape index (κ2) is 6.75. The Morgan fingerprint density at radius 3 is 2.55 bits per heavy atom. The molecule has 1 fully saturated rings. The lowest BCUT2D eigenvalue weighted by Crippen LogP contribution is -2.34. The number of hydrogen-bond donors (Lipinski definition) is 0. The van der Waals surface area contributed by atoms with Crippen molar-refractivity contribution >= 4 is 12.2 Å². The number of likely N-dealkylation sites (tertiary alicyclic amines) is 1. The van der Waals surface area contributed by atoms with E-state index in [1.165, 1.54) is 18.4 Å². The molecule has 2 aromatic rings. The summed E-state index contributed by atoms with van der Waals surface area (Å²) in [5.41, 5.74) is 1.26. The van der Waals surface area contributed by atoms with Gasteiger partial charge >= 0.3 is 0 Å². The average molecular weight is 316 g/mol. The number of hydrogen-bond acceptors (Lipinski definition) is 3. The Hall–Kier alpha value is -1.46. The van der Waals surface area contributed by atoms with Crippen molar-refractivity contribution in [1.82, 2.24) is 19.2 Å². The Bertz CT molecular complexity index is 666. The molecule has 1 aromatic heterocycles. The normalized spacial score (nSPS) is 17.0. The predicted octanol–water partition coefficient (Wildman–Crippen LogP) is 3.46. The van der Waals surface area contributed by atoms with Crippen LogP contribution in [0, 0.1) is 17.6 Å². The predicted molar refractivity (Wildman–Crippen MR) is 91.3 cm³/mol. The molecular formula is C17H24N4S. The summed E-state index contributed by atoms with van der Waals surface area (Å²) in [6.07, 6.45) is 2.55. The molecule has 22 heavy (non-hydrogen) atoms. The molecule has 0 radical (unpaired) electrons. The minimum absolute atomic E-state index is 0.794. The fourth-order valence-corrected chi connectivity index (χ4v) is 3.28. The average Bonchev–Trinajstić information content (AvgIpc) is 2.78. The van der Waals surface area contributed by atoms with E-state index in [1.54, 1.807) is 0 Å². The molecule has 1 saturated heterocycles. The molecule has 0 atom stereocenters. The molecule has 0 N–H and O–H groups in total. The van der Waals surface area contributed by atoms with Gasteiger partial charge < -0.3 is 0 Å². The number of aryl methyl sites for hydroxylation is 1. The maximum absolute atomic E-state index is 5.64. The van der Waals surface area contributed by atoms with Gasteiger partial charge in [-0.1, -0.05) is 37.3 Å². The first-order chi connectivity index (χ1) is 10.6. The zero-order chi connectivity index (χ0) is 15.5. The maximum atomic E-state index is 5.64. The molecule has 118 valence electrons. The minimum atomic E-state index is 0.794. The molecule has 1 aromatic carbocycles. The molecule has 0 unspecified atom stereocenters. The van der Waals surface area contributed by atoms with Gasteiger partial charge in [0.1, 0.15) is 5.82 Å². The zero-order valence-corrected chi connectivity index (χ0v) is 14.2. The quantitative estimate of drug-likeness (QED) is 0.808. The lowest BCUT2D eigenvalue weighted by molar-refractivity contribution is 0.145. The van der Waals surface area contributed by atoms with Crippen molar-refractivity contribution in [3.05, 3.63) is 46.5 Å². The van der Waals surface area contributed by atoms with Crippen LogP contribution in [0.5, 0.6) is 0 Å². The Balaban J connectivity index is 1.74. The van der Waals surface area contributed by atoms with Gasteiger partial charge in [-0.3, -0.25) is 9.47 Å². The second-order valence-electron chi connectivity index (χ2n) is 6.34. The molecule has 0 amide bonds. The van der Waals surface area contributed by atoms with Crippen molar-refractivity contribution in [2.24, 2.45) is 5.92 Å². The third-order valence-corrected chi connectivity index (χ3v) is 4.93. The molecule has 1 aliphatic rings. The summed E-state index contributed by atoms with van der Waals surface area (Å²) in [6.45, 7) is 8.27. The van der Waals surface area contributed by atoms with Gasteiger partial charge in [0.05, 0.1) is 13.2 Å². The van der Waals surface area contributed by atoms with Gasteiger partial charge in [0.25, 0.3) is 0 Å². The smallest absolute Gasteiger partial charge is 0.199 e. The number of benzene rings is 1. The Kier molecular flexibility index (Phi) is 4.74. The van der Waals surface area contributed by atoms with Crippen molar-refractivity contribution in [2.75, 3.05) is 13.1 Å². The first-order valence-electron chi connectivity index (χ1n) is 8.04. The van der Waals surface area contributed by atoms with Crippen LogP contribution >= 0.6 is 12.2 Å². The van der Waals surface area contributed by atoms with Crippen LogP contribution in [0.3, 0.4) is 0 Å². The lowest BCUT2D eigenvalue weighted by Gasteiger charge is -2.29. The van der Waals surface area contributed by atoms with Gasteiger partial charge in [-0.2, -0.15) is 5.10 Å². The number of aromatic nitrogens is 3. The van der Waals surface area contributed by atoms with Crippen molar-refractivity contribution in [2.45, 2.75) is 39.9 Å². The summed E-state index contributed by atoms with van der Waals surface area (Å²) in [7, 11) is 0. The summed E-state index contributed by atoms with van der Waals surface area (Å²) >= 11 is 5.64. The molecule has 5 heteroatoms. The van der Waals surface area contributed by atoms with Crippen LogP contribution in [0.1, 0.15) is 31.2 Å². The van der Waals surface area contributed by atoms with Crippen LogP contribution in [0.4, 0.5) is 0 Å². The molecule has 1 aliphatic heterocycles. The Labute approximate surface area is 137 Å². The molecule has 3 rings (SSSR count). The van der Waals surface area contributed by atoms with Gasteiger partial charge in [-0.05, 0) is 43.5 Å². The van der Waals surface area contributed by atoms with Crippen molar-refractivity contribution in [1.29, 1.82) is 0 Å². The van der Waals surface area contributed by atoms with E-state index in [0.717, 1.165) is 42.8 Å². The Morgan fingerprint density at radius 1 is 1.18 bits per heavy atom. The van der Waals surface area contributed by atoms with Crippen LogP contribution in [-0.4, -0.2) is 32.3 Å². The molecular weight excluding hydrogens is 292 g/mol. The van der Waals surface area contributed by atoms with E-state index >= 15 is 0 Å². The van der Waals surface area contributed by atoms with Gasteiger partial charge in [0.15, 0.2) is 4.77 Å². The summed E-state index contributed by atoms with van der Waals surface area (Å²) in [5, 5.41) is 4.65. The summed E-state index contributed by atoms with van der Waals surface area (Å²) in [4.78, 5) is 2.45. The number of rotatable bonds is 4. The largest absolute Gasteiger partial charge is 0.300 e. The fourth-order valence-electron chi connectivity index (χ4n) is 2.98. The van der Waals surface area contributed by atoms with E-state index in [2.05, 4.69) is 45.8 Å². The van der Waals surface area contributed by atoms with Crippen LogP contribution in [0.2, 0.25) is 0 Å². The standard InChI is InChI=1S/C17H24N4S/c1-14-8-10-19(11-9-14)13-21-17(22)20(15(2)18-21)12-16-6-4-3-5-7-16/h3-7,14H,8-13H2,1-2H3. The SMILES string of the molecule is Cc1nn(CN2CCC(C)CC2)c(=S)n1Cc1ccccc1.